The van der Waals surface area contributed by atoms with Crippen LogP contribution in [0.1, 0.15) is 55.3 Å². The number of piperidine rings is 1. The van der Waals surface area contributed by atoms with Gasteiger partial charge < -0.3 is 67.5 Å². The van der Waals surface area contributed by atoms with Crippen LogP contribution in [0.4, 0.5) is 10.5 Å². The van der Waals surface area contributed by atoms with E-state index < -0.39 is 39.5 Å². The smallest absolute Gasteiger partial charge is 0.315 e. The number of benzene rings is 2. The second kappa shape index (κ2) is 30.9. The number of halogens is 2. The molecule has 0 aliphatic carbocycles. The quantitative estimate of drug-likeness (QED) is 0.0227. The second-order valence-electron chi connectivity index (χ2n) is 17.5. The molecule has 5 rings (SSSR count). The number of fused-ring (bicyclic) bond motifs is 1. The zero-order chi connectivity index (χ0) is 53.5. The van der Waals surface area contributed by atoms with Gasteiger partial charge in [0, 0.05) is 87.1 Å². The maximum absolute atomic E-state index is 13.6. The SMILES string of the molecule is CN(C/C=C/C(=O)Nc1cccc(S(=O)(=O)N2CCC(NC(=O)/C(N)=C(/C=N)NC(=O)c3c(Cl)cccc3Cl)CC2)c1)CCC(=O)NCCOCCOCCOCCNC(=O)CCCC[C@@H]1SC[C@@H]2NC(=O)N[C@@H]21. The topological polar surface area (TPSA) is 305 Å². The number of hydrogen-bond acceptors (Lipinski definition) is 15. The lowest BCUT2D eigenvalue weighted by atomic mass is 10.0. The van der Waals surface area contributed by atoms with E-state index in [9.17, 15) is 37.2 Å². The fraction of sp³-hybridized carbons (Fsp3) is 0.521. The van der Waals surface area contributed by atoms with Crippen LogP contribution in [0, 0.1) is 5.41 Å². The number of hydrogen-bond donors (Lipinski definition) is 9. The molecule has 0 radical (unpaired) electrons. The molecule has 406 valence electrons. The number of anilines is 1. The molecule has 3 aliphatic heterocycles. The lowest BCUT2D eigenvalue weighted by Crippen LogP contribution is -2.47. The fourth-order valence-electron chi connectivity index (χ4n) is 8.02. The Balaban J connectivity index is 0.854. The molecular formula is C48H67Cl2N11O11S2. The summed E-state index contributed by atoms with van der Waals surface area (Å²) >= 11 is 14.1. The molecule has 74 heavy (non-hydrogen) atoms. The summed E-state index contributed by atoms with van der Waals surface area (Å²) in [5, 5.41) is 27.6. The predicted molar refractivity (Wildman–Crippen MR) is 283 cm³/mol. The van der Waals surface area contributed by atoms with E-state index in [1.807, 2.05) is 23.7 Å². The number of nitrogens with one attached hydrogen (secondary N) is 8. The first-order valence-corrected chi connectivity index (χ1v) is 27.6. The number of carbonyl (C=O) groups is 6. The van der Waals surface area contributed by atoms with Gasteiger partial charge in [-0.1, -0.05) is 47.8 Å². The highest BCUT2D eigenvalue weighted by atomic mass is 35.5. The van der Waals surface area contributed by atoms with Crippen molar-refractivity contribution >= 4 is 92.5 Å². The van der Waals surface area contributed by atoms with Gasteiger partial charge in [-0.05, 0) is 63.1 Å². The van der Waals surface area contributed by atoms with Gasteiger partial charge in [-0.2, -0.15) is 16.1 Å². The number of sulfonamides is 1. The number of allylic oxidation sites excluding steroid dienone is 1. The van der Waals surface area contributed by atoms with Crippen molar-refractivity contribution in [3.8, 4) is 0 Å². The minimum absolute atomic E-state index is 0.00127. The number of likely N-dealkylation sites (N-methyl/N-ethyl adjacent to an activating group) is 1. The van der Waals surface area contributed by atoms with Crippen LogP contribution in [0.2, 0.25) is 10.0 Å². The first kappa shape index (κ1) is 59.6. The third kappa shape index (κ3) is 19.4. The fourth-order valence-corrected chi connectivity index (χ4v) is 11.6. The molecule has 10 N–H and O–H groups in total. The molecule has 26 heteroatoms. The van der Waals surface area contributed by atoms with Crippen molar-refractivity contribution in [3.05, 3.63) is 81.6 Å². The summed E-state index contributed by atoms with van der Waals surface area (Å²) in [6, 6.07) is 10.2. The number of urea groups is 1. The standard InChI is InChI=1S/C48H67Cl2N11O11S2/c1-60(20-16-41(63)54-18-24-71-26-28-72-27-25-70-23-17-53-40(62)12-3-2-11-39-45-38(31-73-39)58-48(67)59-45)19-6-13-42(64)55-33-7-4-8-34(29-33)74(68,69)61-21-14-32(15-22-61)56-47(66)44(52)37(30-51)57-46(65)43-35(49)9-5-10-36(43)50/h4-10,13,29-30,32,38-39,45,51H,2-3,11-12,14-28,31,52H2,1H3,(H,53,62)(H,54,63)(H,55,64)(H,56,66)(H,57,65)(H2,58,59,67)/b13-6+,44-37+,51-30?/t38-,39-,45-/m0/s1. The number of unbranched alkanes of at least 4 members (excludes halogenated alkanes) is 1. The average molecular weight is 1110 g/mol. The molecule has 2 aromatic rings. The third-order valence-corrected chi connectivity index (χ3v) is 16.0. The van der Waals surface area contributed by atoms with Crippen LogP contribution >= 0.6 is 35.0 Å². The lowest BCUT2D eigenvalue weighted by molar-refractivity contribution is -0.122. The van der Waals surface area contributed by atoms with Crippen LogP contribution in [0.3, 0.4) is 0 Å². The Kier molecular flexibility index (Phi) is 24.9. The van der Waals surface area contributed by atoms with Crippen molar-refractivity contribution in [2.24, 2.45) is 5.73 Å². The summed E-state index contributed by atoms with van der Waals surface area (Å²) in [6.45, 7) is 3.94. The van der Waals surface area contributed by atoms with Crippen LogP contribution in [-0.2, 0) is 43.4 Å². The molecule has 0 saturated carbocycles. The van der Waals surface area contributed by atoms with Gasteiger partial charge in [-0.25, -0.2) is 13.2 Å². The van der Waals surface area contributed by atoms with Crippen LogP contribution in [-0.4, -0.2) is 174 Å². The Labute approximate surface area is 445 Å². The van der Waals surface area contributed by atoms with Crippen LogP contribution in [0.15, 0.2) is 70.9 Å². The number of nitrogens with two attached hydrogens (primary N) is 1. The van der Waals surface area contributed by atoms with E-state index in [1.54, 1.807) is 18.2 Å². The summed E-state index contributed by atoms with van der Waals surface area (Å²) in [4.78, 5) is 76.3. The van der Waals surface area contributed by atoms with Crippen molar-refractivity contribution in [3.63, 3.8) is 0 Å². The average Bonchev–Trinajstić information content (AvgIpc) is 3.93. The van der Waals surface area contributed by atoms with E-state index in [-0.39, 0.29) is 94.2 Å². The van der Waals surface area contributed by atoms with Crippen LogP contribution < -0.4 is 43.0 Å². The molecule has 3 saturated heterocycles. The van der Waals surface area contributed by atoms with E-state index in [4.69, 9.17) is 48.6 Å². The molecule has 22 nitrogen and oxygen atoms in total. The monoisotopic (exact) mass is 1110 g/mol. The van der Waals surface area contributed by atoms with Crippen molar-refractivity contribution in [2.75, 3.05) is 97.0 Å². The van der Waals surface area contributed by atoms with Crippen LogP contribution in [0.5, 0.6) is 0 Å². The van der Waals surface area contributed by atoms with E-state index in [2.05, 4.69) is 37.2 Å². The van der Waals surface area contributed by atoms with E-state index >= 15 is 0 Å². The third-order valence-electron chi connectivity index (χ3n) is 12.0. The summed E-state index contributed by atoms with van der Waals surface area (Å²) in [7, 11) is -2.16. The summed E-state index contributed by atoms with van der Waals surface area (Å²) < 4.78 is 45.0. The molecule has 3 aliphatic rings. The highest BCUT2D eigenvalue weighted by molar-refractivity contribution is 8.00. The van der Waals surface area contributed by atoms with Crippen molar-refractivity contribution in [1.29, 1.82) is 5.41 Å². The predicted octanol–water partition coefficient (Wildman–Crippen LogP) is 2.34. The normalized spacial score (nSPS) is 18.3. The molecule has 2 aromatic carbocycles. The first-order valence-electron chi connectivity index (χ1n) is 24.3. The maximum atomic E-state index is 13.6. The van der Waals surface area contributed by atoms with Gasteiger partial charge in [0.1, 0.15) is 5.70 Å². The van der Waals surface area contributed by atoms with Gasteiger partial charge in [0.2, 0.25) is 27.7 Å². The molecule has 3 fully saturated rings. The van der Waals surface area contributed by atoms with E-state index in [1.165, 1.54) is 40.7 Å². The van der Waals surface area contributed by atoms with Gasteiger partial charge in [0.25, 0.3) is 11.8 Å². The van der Waals surface area contributed by atoms with Crippen molar-refractivity contribution in [1.82, 2.24) is 41.1 Å². The van der Waals surface area contributed by atoms with Gasteiger partial charge >= 0.3 is 6.03 Å². The van der Waals surface area contributed by atoms with Crippen LogP contribution in [0.25, 0.3) is 0 Å². The Morgan fingerprint density at radius 3 is 2.20 bits per heavy atom. The molecule has 3 atom stereocenters. The summed E-state index contributed by atoms with van der Waals surface area (Å²) in [6.07, 6.45) is 7.60. The van der Waals surface area contributed by atoms with Gasteiger partial charge in [0.05, 0.1) is 77.9 Å². The number of nitrogens with zero attached hydrogens (tertiary/aromatic N) is 2. The summed E-state index contributed by atoms with van der Waals surface area (Å²) in [5.41, 5.74) is 5.52. The number of rotatable bonds is 31. The molecule has 0 bridgehead atoms. The second-order valence-corrected chi connectivity index (χ2v) is 21.5. The Bertz CT molecular complexity index is 2420. The zero-order valence-electron chi connectivity index (χ0n) is 41.3. The first-order chi connectivity index (χ1) is 35.5. The van der Waals surface area contributed by atoms with Gasteiger partial charge in [0.15, 0.2) is 0 Å². The van der Waals surface area contributed by atoms with Crippen molar-refractivity contribution in [2.45, 2.75) is 73.2 Å². The Hall–Kier alpha value is -5.31. The molecule has 0 spiro atoms. The number of thioether (sulfide) groups is 1. The molecular weight excluding hydrogens is 1040 g/mol. The van der Waals surface area contributed by atoms with E-state index in [0.717, 1.165) is 25.0 Å². The Morgan fingerprint density at radius 2 is 1.54 bits per heavy atom. The molecule has 7 amide bonds. The lowest BCUT2D eigenvalue weighted by Gasteiger charge is -2.31. The minimum atomic E-state index is -3.97. The minimum Gasteiger partial charge on any atom is -0.393 e. The van der Waals surface area contributed by atoms with Crippen molar-refractivity contribution < 1.29 is 51.4 Å². The maximum Gasteiger partial charge on any atom is 0.315 e. The largest absolute Gasteiger partial charge is 0.393 e. The number of ether oxygens (including phenoxy) is 3. The Morgan fingerprint density at radius 1 is 0.905 bits per heavy atom. The van der Waals surface area contributed by atoms with Gasteiger partial charge in [-0.15, -0.1) is 0 Å². The highest BCUT2D eigenvalue weighted by Crippen LogP contribution is 2.33. The van der Waals surface area contributed by atoms with Gasteiger partial charge in [-0.3, -0.25) is 24.0 Å². The zero-order valence-corrected chi connectivity index (χ0v) is 44.4. The molecule has 0 aromatic heterocycles. The molecule has 0 unspecified atom stereocenters. The number of amides is 7. The molecule has 3 heterocycles. The number of carbonyl (C=O) groups excluding carboxylic acids is 6. The highest BCUT2D eigenvalue weighted by Gasteiger charge is 2.42. The summed E-state index contributed by atoms with van der Waals surface area (Å²) in [5.74, 6) is -1.21. The van der Waals surface area contributed by atoms with E-state index in [0.29, 0.717) is 83.7 Å².